The molecule has 0 N–H and O–H groups in total. The van der Waals surface area contributed by atoms with Crippen molar-refractivity contribution in [2.75, 3.05) is 6.54 Å². The van der Waals surface area contributed by atoms with Crippen molar-refractivity contribution in [3.8, 4) is 0 Å². The van der Waals surface area contributed by atoms with E-state index in [1.54, 1.807) is 4.42 Å². The van der Waals surface area contributed by atoms with Crippen molar-refractivity contribution in [1.82, 2.24) is 4.42 Å². The van der Waals surface area contributed by atoms with E-state index in [1.807, 2.05) is 30.3 Å². The van der Waals surface area contributed by atoms with Crippen molar-refractivity contribution >= 4 is 17.5 Å². The average molecular weight is 212 g/mol. The highest BCUT2D eigenvalue weighted by molar-refractivity contribution is 6.18. The fourth-order valence-electron chi connectivity index (χ4n) is 1.40. The third kappa shape index (κ3) is 4.12. The molecule has 0 aliphatic heterocycles. The Bertz CT molecular complexity index is 235. The van der Waals surface area contributed by atoms with Crippen LogP contribution in [-0.2, 0) is 0 Å². The molecule has 0 atom stereocenters. The maximum absolute atomic E-state index is 6.12. The molecule has 1 aromatic carbocycles. The normalized spacial score (nSPS) is 10.8. The first-order valence-electron chi connectivity index (χ1n) is 5.33. The van der Waals surface area contributed by atoms with Crippen molar-refractivity contribution in [3.05, 3.63) is 30.3 Å². The van der Waals surface area contributed by atoms with Crippen LogP contribution in [-0.4, -0.2) is 6.54 Å². The van der Waals surface area contributed by atoms with Crippen LogP contribution in [0, 0.1) is 0 Å². The zero-order chi connectivity index (χ0) is 10.2. The van der Waals surface area contributed by atoms with Crippen LogP contribution in [0.25, 0.3) is 0 Å². The highest BCUT2D eigenvalue weighted by Gasteiger charge is 2.14. The topological polar surface area (TPSA) is 5.90 Å². The Balaban J connectivity index is 2.25. The van der Waals surface area contributed by atoms with Crippen LogP contribution in [0.4, 0.5) is 5.69 Å². The van der Waals surface area contributed by atoms with E-state index in [0.29, 0.717) is 0 Å². The van der Waals surface area contributed by atoms with Gasteiger partial charge >= 0.3 is 0 Å². The van der Waals surface area contributed by atoms with Crippen LogP contribution in [0.3, 0.4) is 0 Å². The van der Waals surface area contributed by atoms with Gasteiger partial charge in [0, 0.05) is 18.6 Å². The quantitative estimate of drug-likeness (QED) is 0.492. The summed E-state index contributed by atoms with van der Waals surface area (Å²) in [7, 11) is 0. The number of anilines is 1. The fourth-order valence-corrected chi connectivity index (χ4v) is 1.63. The number of para-hydroxylation sites is 1. The highest BCUT2D eigenvalue weighted by atomic mass is 35.5. The lowest BCUT2D eigenvalue weighted by Gasteiger charge is -2.01. The first kappa shape index (κ1) is 11.5. The number of unbranched alkanes of at least 4 members (excludes halogenated alkanes) is 3. The second-order valence-electron chi connectivity index (χ2n) is 3.48. The standard InChI is InChI=1S/C12H18ClN/c1-2-3-4-8-11-14(13)12-9-6-5-7-10-12/h5-7,9-10H,2-4,8,11H2,1H3/q+1. The second kappa shape index (κ2) is 6.86. The lowest BCUT2D eigenvalue weighted by atomic mass is 10.2. The summed E-state index contributed by atoms with van der Waals surface area (Å²) in [6.07, 6.45) is 5.02. The summed E-state index contributed by atoms with van der Waals surface area (Å²) in [5.41, 5.74) is 1.09. The van der Waals surface area contributed by atoms with Gasteiger partial charge in [0.25, 0.3) is 0 Å². The van der Waals surface area contributed by atoms with E-state index in [-0.39, 0.29) is 0 Å². The van der Waals surface area contributed by atoms with Crippen molar-refractivity contribution in [1.29, 1.82) is 0 Å². The molecule has 1 aromatic rings. The van der Waals surface area contributed by atoms with Gasteiger partial charge in [-0.1, -0.05) is 38.0 Å². The maximum atomic E-state index is 6.12. The van der Waals surface area contributed by atoms with Crippen LogP contribution in [0.5, 0.6) is 0 Å². The maximum Gasteiger partial charge on any atom is 0.232 e. The SMILES string of the molecule is CCCCCC[N+](Cl)c1ccccc1. The third-order valence-corrected chi connectivity index (χ3v) is 2.61. The monoisotopic (exact) mass is 211 g/mol. The number of hydrogen-bond donors (Lipinski definition) is 0. The summed E-state index contributed by atoms with van der Waals surface area (Å²) in [6.45, 7) is 3.15. The predicted octanol–water partition coefficient (Wildman–Crippen LogP) is 4.19. The first-order valence-corrected chi connectivity index (χ1v) is 5.66. The molecule has 0 amide bonds. The molecule has 0 bridgehead atoms. The minimum atomic E-state index is 0.936. The van der Waals surface area contributed by atoms with E-state index in [0.717, 1.165) is 12.2 Å². The summed E-state index contributed by atoms with van der Waals surface area (Å²) in [5.74, 6) is 0. The summed E-state index contributed by atoms with van der Waals surface area (Å²) in [4.78, 5) is 0. The van der Waals surface area contributed by atoms with Crippen molar-refractivity contribution in [2.45, 2.75) is 32.6 Å². The van der Waals surface area contributed by atoms with Gasteiger partial charge in [-0.2, -0.15) is 0 Å². The number of nitrogens with zero attached hydrogens (tertiary/aromatic N) is 1. The zero-order valence-electron chi connectivity index (χ0n) is 8.75. The molecule has 0 saturated carbocycles. The van der Waals surface area contributed by atoms with Crippen LogP contribution in [0.15, 0.2) is 30.3 Å². The fraction of sp³-hybridized carbons (Fsp3) is 0.500. The Kier molecular flexibility index (Phi) is 5.65. The van der Waals surface area contributed by atoms with Gasteiger partial charge in [0.1, 0.15) is 6.54 Å². The van der Waals surface area contributed by atoms with Crippen molar-refractivity contribution in [2.24, 2.45) is 0 Å². The summed E-state index contributed by atoms with van der Waals surface area (Å²) in [6, 6.07) is 10.1. The van der Waals surface area contributed by atoms with Gasteiger partial charge < -0.3 is 0 Å². The summed E-state index contributed by atoms with van der Waals surface area (Å²) in [5, 5.41) is 0. The van der Waals surface area contributed by atoms with Crippen molar-refractivity contribution < 1.29 is 0 Å². The molecule has 77 valence electrons. The van der Waals surface area contributed by atoms with Gasteiger partial charge in [-0.25, -0.2) is 0 Å². The Morgan fingerprint density at radius 3 is 2.43 bits per heavy atom. The number of halogens is 1. The number of rotatable bonds is 6. The molecule has 0 heterocycles. The van der Waals surface area contributed by atoms with E-state index in [2.05, 4.69) is 6.92 Å². The number of benzene rings is 1. The van der Waals surface area contributed by atoms with Crippen LogP contribution in [0.1, 0.15) is 32.6 Å². The largest absolute Gasteiger partial charge is 0.232 e. The Hall–Kier alpha value is -0.530. The van der Waals surface area contributed by atoms with E-state index < -0.39 is 0 Å². The Morgan fingerprint density at radius 2 is 1.79 bits per heavy atom. The van der Waals surface area contributed by atoms with Gasteiger partial charge in [-0.15, -0.1) is 0 Å². The average Bonchev–Trinajstić information content (AvgIpc) is 2.25. The van der Waals surface area contributed by atoms with Crippen LogP contribution >= 0.6 is 11.8 Å². The van der Waals surface area contributed by atoms with Gasteiger partial charge in [0.15, 0.2) is 0 Å². The molecule has 1 nitrogen and oxygen atoms in total. The molecule has 0 aromatic heterocycles. The van der Waals surface area contributed by atoms with Crippen LogP contribution < -0.4 is 4.42 Å². The lowest BCUT2D eigenvalue weighted by molar-refractivity contribution is 0.619. The van der Waals surface area contributed by atoms with E-state index in [1.165, 1.54) is 25.7 Å². The molecule has 0 saturated heterocycles. The lowest BCUT2D eigenvalue weighted by Crippen LogP contribution is -2.12. The summed E-state index contributed by atoms with van der Waals surface area (Å²) >= 11 is 6.12. The minimum Gasteiger partial charge on any atom is -0.0654 e. The van der Waals surface area contributed by atoms with Gasteiger partial charge in [-0.3, -0.25) is 0 Å². The van der Waals surface area contributed by atoms with Gasteiger partial charge in [-0.05, 0) is 10.8 Å². The molecule has 0 aliphatic rings. The minimum absolute atomic E-state index is 0.936. The molecule has 14 heavy (non-hydrogen) atoms. The number of hydrogen-bond acceptors (Lipinski definition) is 1. The molecule has 1 radical (unpaired) electrons. The molecular formula is C12H18ClN+. The van der Waals surface area contributed by atoms with Gasteiger partial charge in [0.2, 0.25) is 17.5 Å². The molecule has 1 rings (SSSR count). The zero-order valence-corrected chi connectivity index (χ0v) is 9.50. The Labute approximate surface area is 91.8 Å². The predicted molar refractivity (Wildman–Crippen MR) is 63.1 cm³/mol. The summed E-state index contributed by atoms with van der Waals surface area (Å²) < 4.78 is 1.80. The van der Waals surface area contributed by atoms with E-state index in [4.69, 9.17) is 11.8 Å². The van der Waals surface area contributed by atoms with Gasteiger partial charge in [0.05, 0.1) is 0 Å². The second-order valence-corrected chi connectivity index (χ2v) is 3.89. The molecule has 0 aliphatic carbocycles. The highest BCUT2D eigenvalue weighted by Crippen LogP contribution is 2.15. The van der Waals surface area contributed by atoms with Crippen LogP contribution in [0.2, 0.25) is 0 Å². The molecular weight excluding hydrogens is 194 g/mol. The smallest absolute Gasteiger partial charge is 0.0654 e. The molecule has 0 fully saturated rings. The Morgan fingerprint density at radius 1 is 1.07 bits per heavy atom. The third-order valence-electron chi connectivity index (χ3n) is 2.24. The molecule has 0 spiro atoms. The van der Waals surface area contributed by atoms with E-state index in [9.17, 15) is 0 Å². The van der Waals surface area contributed by atoms with E-state index >= 15 is 0 Å². The first-order chi connectivity index (χ1) is 6.84. The molecule has 2 heteroatoms. The van der Waals surface area contributed by atoms with Crippen molar-refractivity contribution in [3.63, 3.8) is 0 Å². The molecule has 0 unspecified atom stereocenters.